The first-order valence-electron chi connectivity index (χ1n) is 15.5. The first-order chi connectivity index (χ1) is 21.7. The summed E-state index contributed by atoms with van der Waals surface area (Å²) in [5.41, 5.74) is 6.73. The topological polar surface area (TPSA) is 49.9 Å². The minimum Gasteiger partial charge on any atom is -0.489 e. The van der Waals surface area contributed by atoms with E-state index >= 15 is 0 Å². The van der Waals surface area contributed by atoms with Gasteiger partial charge in [-0.1, -0.05) is 66.7 Å². The van der Waals surface area contributed by atoms with Crippen LogP contribution in [0.1, 0.15) is 49.3 Å². The highest BCUT2D eigenvalue weighted by molar-refractivity contribution is 8.00. The standard InChI is InChI=1S/C36H38Cl2N2OS.CO2/c1-24(2)39-22-35(23-39)19-27(20-35)25(3)40-17-16-36(42-29-8-5-4-6-9-29)31-14-13-28(18-26(31)12-15-34(36)40)41-21-30-32(37)10-7-11-33(30)38;2-1-3/h4-11,13-14,18,27,34H,1,3,12,15-17,19-23H2,2H3;. The Morgan fingerprint density at radius 2 is 1.71 bits per heavy atom. The average Bonchev–Trinajstić information content (AvgIpc) is 3.35. The van der Waals surface area contributed by atoms with Crippen molar-refractivity contribution in [3.05, 3.63) is 118 Å². The SMILES string of the molecule is C=C(C)N1CC2(CC(C(=C)N3CCC4(Sc5ccccc5)c5ccc(OCc6c(Cl)cccc6Cl)cc5CCC34)C2)C1.O=C=O. The number of halogens is 2. The van der Waals surface area contributed by atoms with Crippen LogP contribution in [0.3, 0.4) is 0 Å². The van der Waals surface area contributed by atoms with Crippen LogP contribution >= 0.6 is 35.0 Å². The normalized spacial score (nSPS) is 22.6. The number of benzene rings is 3. The van der Waals surface area contributed by atoms with E-state index in [9.17, 15) is 0 Å². The lowest BCUT2D eigenvalue weighted by atomic mass is 9.56. The molecule has 4 aliphatic rings. The lowest BCUT2D eigenvalue weighted by Crippen LogP contribution is -2.62. The van der Waals surface area contributed by atoms with Gasteiger partial charge in [0.25, 0.3) is 0 Å². The summed E-state index contributed by atoms with van der Waals surface area (Å²) in [5.74, 6) is 1.47. The molecule has 0 radical (unpaired) electrons. The molecule has 2 aliphatic heterocycles. The summed E-state index contributed by atoms with van der Waals surface area (Å²) < 4.78 is 6.23. The molecule has 7 rings (SSSR count). The van der Waals surface area contributed by atoms with Crippen LogP contribution in [-0.2, 0) is 27.4 Å². The lowest BCUT2D eigenvalue weighted by molar-refractivity contribution is -0.191. The summed E-state index contributed by atoms with van der Waals surface area (Å²) in [6.45, 7) is 14.8. The minimum atomic E-state index is -0.0168. The molecule has 2 heterocycles. The highest BCUT2D eigenvalue weighted by Gasteiger charge is 2.57. The quantitative estimate of drug-likeness (QED) is 0.241. The summed E-state index contributed by atoms with van der Waals surface area (Å²) in [5, 5.41) is 1.27. The van der Waals surface area contributed by atoms with E-state index < -0.39 is 0 Å². The van der Waals surface area contributed by atoms with Crippen LogP contribution in [0, 0.1) is 11.3 Å². The Morgan fingerprint density at radius 1 is 1.02 bits per heavy atom. The van der Waals surface area contributed by atoms with Crippen LogP contribution in [0.2, 0.25) is 10.0 Å². The highest BCUT2D eigenvalue weighted by Crippen LogP contribution is 2.60. The van der Waals surface area contributed by atoms with Crippen LogP contribution in [0.25, 0.3) is 0 Å². The Morgan fingerprint density at radius 3 is 2.38 bits per heavy atom. The molecule has 0 bridgehead atoms. The van der Waals surface area contributed by atoms with Gasteiger partial charge in [0, 0.05) is 63.0 Å². The second kappa shape index (κ2) is 12.9. The first kappa shape index (κ1) is 31.8. The number of rotatable bonds is 8. The van der Waals surface area contributed by atoms with E-state index in [4.69, 9.17) is 44.1 Å². The van der Waals surface area contributed by atoms with E-state index in [-0.39, 0.29) is 10.9 Å². The van der Waals surface area contributed by atoms with E-state index in [0.717, 1.165) is 37.1 Å². The molecule has 234 valence electrons. The Labute approximate surface area is 280 Å². The molecule has 3 aromatic carbocycles. The van der Waals surface area contributed by atoms with Crippen molar-refractivity contribution in [2.75, 3.05) is 19.6 Å². The Hall–Kier alpha value is -3.15. The number of fused-ring (bicyclic) bond motifs is 3. The smallest absolute Gasteiger partial charge is 0.373 e. The van der Waals surface area contributed by atoms with E-state index in [1.165, 1.54) is 53.3 Å². The van der Waals surface area contributed by atoms with Gasteiger partial charge in [-0.05, 0) is 92.5 Å². The van der Waals surface area contributed by atoms with E-state index in [1.807, 2.05) is 30.0 Å². The van der Waals surface area contributed by atoms with Crippen molar-refractivity contribution < 1.29 is 14.3 Å². The number of likely N-dealkylation sites (tertiary alicyclic amines) is 2. The van der Waals surface area contributed by atoms with Crippen LogP contribution in [0.15, 0.2) is 96.2 Å². The molecule has 1 spiro atoms. The lowest BCUT2D eigenvalue weighted by Gasteiger charge is -2.61. The molecule has 0 amide bonds. The molecule has 0 N–H and O–H groups in total. The fourth-order valence-electron chi connectivity index (χ4n) is 7.93. The number of allylic oxidation sites excluding steroid dienone is 2. The molecule has 8 heteroatoms. The molecule has 5 nitrogen and oxygen atoms in total. The first-order valence-corrected chi connectivity index (χ1v) is 17.0. The Balaban J connectivity index is 0.00000115. The number of aryl methyl sites for hydroxylation is 1. The summed E-state index contributed by atoms with van der Waals surface area (Å²) in [4.78, 5) is 22.7. The van der Waals surface area contributed by atoms with Crippen LogP contribution in [0.4, 0.5) is 0 Å². The van der Waals surface area contributed by atoms with Gasteiger partial charge >= 0.3 is 6.15 Å². The van der Waals surface area contributed by atoms with Gasteiger partial charge in [0.15, 0.2) is 0 Å². The van der Waals surface area contributed by atoms with Crippen LogP contribution < -0.4 is 4.74 Å². The van der Waals surface area contributed by atoms with Crippen molar-refractivity contribution in [2.45, 2.75) is 61.3 Å². The minimum absolute atomic E-state index is 0.0168. The molecule has 1 saturated carbocycles. The van der Waals surface area contributed by atoms with Gasteiger partial charge in [-0.3, -0.25) is 0 Å². The van der Waals surface area contributed by atoms with Gasteiger partial charge in [0.1, 0.15) is 12.4 Å². The van der Waals surface area contributed by atoms with Crippen molar-refractivity contribution in [3.8, 4) is 5.75 Å². The molecule has 2 atom stereocenters. The Bertz CT molecular complexity index is 1610. The fraction of sp³-hybridized carbons (Fsp3) is 0.378. The molecule has 3 fully saturated rings. The zero-order valence-corrected chi connectivity index (χ0v) is 27.9. The van der Waals surface area contributed by atoms with E-state index in [1.54, 1.807) is 0 Å². The number of nitrogens with zero attached hydrogens (tertiary/aromatic N) is 2. The highest BCUT2D eigenvalue weighted by atomic mass is 35.5. The predicted octanol–water partition coefficient (Wildman–Crippen LogP) is 8.76. The molecule has 2 aliphatic carbocycles. The molecule has 2 saturated heterocycles. The van der Waals surface area contributed by atoms with Gasteiger partial charge in [-0.2, -0.15) is 9.59 Å². The molecule has 45 heavy (non-hydrogen) atoms. The largest absolute Gasteiger partial charge is 0.489 e. The predicted molar refractivity (Wildman–Crippen MR) is 180 cm³/mol. The molecular formula is C37H38Cl2N2O3S. The van der Waals surface area contributed by atoms with Crippen molar-refractivity contribution in [3.63, 3.8) is 0 Å². The monoisotopic (exact) mass is 660 g/mol. The van der Waals surface area contributed by atoms with Gasteiger partial charge in [0.05, 0.1) is 4.75 Å². The van der Waals surface area contributed by atoms with Crippen molar-refractivity contribution >= 4 is 41.1 Å². The Kier molecular flexibility index (Phi) is 9.14. The van der Waals surface area contributed by atoms with Crippen molar-refractivity contribution in [2.24, 2.45) is 11.3 Å². The third-order valence-electron chi connectivity index (χ3n) is 10.1. The number of carbonyl (C=O) groups excluding carboxylic acids is 2. The van der Waals surface area contributed by atoms with Crippen LogP contribution in [0.5, 0.6) is 5.75 Å². The number of hydrogen-bond donors (Lipinski definition) is 0. The zero-order valence-electron chi connectivity index (χ0n) is 25.6. The third-order valence-corrected chi connectivity index (χ3v) is 12.4. The number of thioether (sulfide) groups is 1. The molecule has 3 aromatic rings. The van der Waals surface area contributed by atoms with Gasteiger partial charge in [-0.25, -0.2) is 0 Å². The summed E-state index contributed by atoms with van der Waals surface area (Å²) >= 11 is 14.9. The van der Waals surface area contributed by atoms with E-state index in [0.29, 0.717) is 34.0 Å². The maximum absolute atomic E-state index is 8.12. The average molecular weight is 662 g/mol. The second-order valence-electron chi connectivity index (χ2n) is 12.9. The maximum Gasteiger partial charge on any atom is 0.373 e. The van der Waals surface area contributed by atoms with Crippen molar-refractivity contribution in [1.82, 2.24) is 9.80 Å². The molecular weight excluding hydrogens is 623 g/mol. The maximum atomic E-state index is 8.12. The van der Waals surface area contributed by atoms with Gasteiger partial charge in [-0.15, -0.1) is 11.8 Å². The fourth-order valence-corrected chi connectivity index (χ4v) is 10.0. The molecule has 0 aromatic heterocycles. The number of ether oxygens (including phenoxy) is 1. The van der Waals surface area contributed by atoms with Gasteiger partial charge < -0.3 is 14.5 Å². The zero-order chi connectivity index (χ0) is 31.8. The summed E-state index contributed by atoms with van der Waals surface area (Å²) in [7, 11) is 0. The number of hydrogen-bond acceptors (Lipinski definition) is 6. The van der Waals surface area contributed by atoms with Crippen molar-refractivity contribution in [1.29, 1.82) is 0 Å². The van der Waals surface area contributed by atoms with Crippen LogP contribution in [-0.4, -0.2) is 41.6 Å². The summed E-state index contributed by atoms with van der Waals surface area (Å²) in [6, 6.07) is 23.6. The molecule has 2 unspecified atom stereocenters. The second-order valence-corrected chi connectivity index (χ2v) is 15.1. The summed E-state index contributed by atoms with van der Waals surface area (Å²) in [6.07, 6.45) is 6.05. The third kappa shape index (κ3) is 6.06. The van der Waals surface area contributed by atoms with Gasteiger partial charge in [0.2, 0.25) is 0 Å². The van der Waals surface area contributed by atoms with E-state index in [2.05, 4.69) is 71.8 Å².